The first-order valence-electron chi connectivity index (χ1n) is 9.05. The summed E-state index contributed by atoms with van der Waals surface area (Å²) in [5.74, 6) is -0.182. The van der Waals surface area contributed by atoms with E-state index in [9.17, 15) is 10.1 Å². The van der Waals surface area contributed by atoms with Crippen LogP contribution >= 0.6 is 0 Å². The Hall–Kier alpha value is -2.64. The third-order valence-corrected chi connectivity index (χ3v) is 5.10. The number of ketones is 1. The Morgan fingerprint density at radius 3 is 2.46 bits per heavy atom. The molecule has 1 atom stereocenters. The summed E-state index contributed by atoms with van der Waals surface area (Å²) in [6, 6.07) is 19.9. The normalized spacial score (nSPS) is 16.6. The lowest BCUT2D eigenvalue weighted by molar-refractivity contribution is -0.124. The van der Waals surface area contributed by atoms with Crippen molar-refractivity contribution in [2.75, 3.05) is 20.2 Å². The van der Waals surface area contributed by atoms with E-state index in [0.717, 1.165) is 32.5 Å². The highest BCUT2D eigenvalue weighted by Crippen LogP contribution is 2.31. The van der Waals surface area contributed by atoms with Crippen LogP contribution in [0.15, 0.2) is 54.6 Å². The highest BCUT2D eigenvalue weighted by molar-refractivity contribution is 5.91. The van der Waals surface area contributed by atoms with E-state index in [2.05, 4.69) is 35.2 Å². The molecule has 1 saturated heterocycles. The van der Waals surface area contributed by atoms with Crippen molar-refractivity contribution in [1.82, 2.24) is 4.90 Å². The quantitative estimate of drug-likeness (QED) is 0.797. The standard InChI is InChI=1S/C22H24N2O2/c1-26-21-10-6-5-9-19(21)20(15-23)22(25)18-11-13-24(14-12-18)16-17-7-3-2-4-8-17/h2-10,18,20H,11-14,16H2,1H3. The van der Waals surface area contributed by atoms with Gasteiger partial charge in [0, 0.05) is 18.0 Å². The van der Waals surface area contributed by atoms with Crippen LogP contribution in [0.4, 0.5) is 0 Å². The van der Waals surface area contributed by atoms with Crippen molar-refractivity contribution in [2.24, 2.45) is 5.92 Å². The Balaban J connectivity index is 1.63. The second kappa shape index (κ2) is 8.64. The summed E-state index contributed by atoms with van der Waals surface area (Å²) >= 11 is 0. The average molecular weight is 348 g/mol. The smallest absolute Gasteiger partial charge is 0.157 e. The minimum Gasteiger partial charge on any atom is -0.496 e. The molecule has 0 aliphatic carbocycles. The van der Waals surface area contributed by atoms with Gasteiger partial charge in [-0.25, -0.2) is 0 Å². The lowest BCUT2D eigenvalue weighted by atomic mass is 9.83. The Bertz CT molecular complexity index is 774. The zero-order chi connectivity index (χ0) is 18.4. The fraction of sp³-hybridized carbons (Fsp3) is 0.364. The third-order valence-electron chi connectivity index (χ3n) is 5.10. The molecule has 1 heterocycles. The van der Waals surface area contributed by atoms with Crippen LogP contribution in [0.5, 0.6) is 5.75 Å². The molecule has 4 heteroatoms. The van der Waals surface area contributed by atoms with Crippen molar-refractivity contribution in [3.8, 4) is 11.8 Å². The van der Waals surface area contributed by atoms with Crippen molar-refractivity contribution < 1.29 is 9.53 Å². The second-order valence-corrected chi connectivity index (χ2v) is 6.74. The van der Waals surface area contributed by atoms with E-state index in [-0.39, 0.29) is 11.7 Å². The summed E-state index contributed by atoms with van der Waals surface area (Å²) in [6.45, 7) is 2.68. The number of hydrogen-bond donors (Lipinski definition) is 0. The van der Waals surface area contributed by atoms with Crippen LogP contribution in [0.2, 0.25) is 0 Å². The van der Waals surface area contributed by atoms with Crippen LogP contribution in [0.1, 0.15) is 29.9 Å². The SMILES string of the molecule is COc1ccccc1C(C#N)C(=O)C1CCN(Cc2ccccc2)CC1. The largest absolute Gasteiger partial charge is 0.496 e. The number of hydrogen-bond acceptors (Lipinski definition) is 4. The maximum absolute atomic E-state index is 13.0. The molecular formula is C22H24N2O2. The van der Waals surface area contributed by atoms with Gasteiger partial charge in [-0.2, -0.15) is 5.26 Å². The molecule has 0 bridgehead atoms. The molecule has 1 aliphatic heterocycles. The Kier molecular flexibility index (Phi) is 6.04. The van der Waals surface area contributed by atoms with E-state index < -0.39 is 5.92 Å². The van der Waals surface area contributed by atoms with Gasteiger partial charge in [0.2, 0.25) is 0 Å². The molecule has 0 aromatic heterocycles. The summed E-state index contributed by atoms with van der Waals surface area (Å²) < 4.78 is 5.34. The van der Waals surface area contributed by atoms with Gasteiger partial charge in [-0.15, -0.1) is 0 Å². The number of likely N-dealkylation sites (tertiary alicyclic amines) is 1. The van der Waals surface area contributed by atoms with Gasteiger partial charge in [-0.3, -0.25) is 9.69 Å². The number of rotatable bonds is 6. The molecule has 0 spiro atoms. The molecule has 1 aliphatic rings. The van der Waals surface area contributed by atoms with Gasteiger partial charge >= 0.3 is 0 Å². The van der Waals surface area contributed by atoms with Crippen LogP contribution in [-0.2, 0) is 11.3 Å². The van der Waals surface area contributed by atoms with Gasteiger partial charge in [0.05, 0.1) is 13.2 Å². The molecule has 0 N–H and O–H groups in total. The molecule has 2 aromatic rings. The van der Waals surface area contributed by atoms with Crippen LogP contribution in [0, 0.1) is 17.2 Å². The number of carbonyl (C=O) groups excluding carboxylic acids is 1. The molecule has 134 valence electrons. The molecule has 0 amide bonds. The summed E-state index contributed by atoms with van der Waals surface area (Å²) in [6.07, 6.45) is 1.61. The van der Waals surface area contributed by atoms with E-state index in [4.69, 9.17) is 4.74 Å². The minimum absolute atomic E-state index is 0.0244. The minimum atomic E-state index is -0.753. The third kappa shape index (κ3) is 4.12. The molecular weight excluding hydrogens is 324 g/mol. The molecule has 1 unspecified atom stereocenters. The number of carbonyl (C=O) groups is 1. The summed E-state index contributed by atoms with van der Waals surface area (Å²) in [5, 5.41) is 9.61. The number of Topliss-reactive ketones (excluding diaryl/α,β-unsaturated/α-hetero) is 1. The lowest BCUT2D eigenvalue weighted by Gasteiger charge is -2.32. The fourth-order valence-electron chi connectivity index (χ4n) is 3.64. The van der Waals surface area contributed by atoms with Gasteiger partial charge in [0.25, 0.3) is 0 Å². The second-order valence-electron chi connectivity index (χ2n) is 6.74. The number of benzene rings is 2. The molecule has 2 aromatic carbocycles. The Morgan fingerprint density at radius 1 is 1.15 bits per heavy atom. The maximum Gasteiger partial charge on any atom is 0.157 e. The first-order valence-corrected chi connectivity index (χ1v) is 9.05. The zero-order valence-electron chi connectivity index (χ0n) is 15.1. The van der Waals surface area contributed by atoms with Gasteiger partial charge in [0.15, 0.2) is 5.78 Å². The number of piperidine rings is 1. The number of ether oxygens (including phenoxy) is 1. The molecule has 0 radical (unpaired) electrons. The Morgan fingerprint density at radius 2 is 1.81 bits per heavy atom. The van der Waals surface area contributed by atoms with Crippen LogP contribution < -0.4 is 4.74 Å². The van der Waals surface area contributed by atoms with E-state index in [1.54, 1.807) is 13.2 Å². The topological polar surface area (TPSA) is 53.3 Å². The highest BCUT2D eigenvalue weighted by atomic mass is 16.5. The van der Waals surface area contributed by atoms with Crippen molar-refractivity contribution in [2.45, 2.75) is 25.3 Å². The lowest BCUT2D eigenvalue weighted by Crippen LogP contribution is -2.37. The fourth-order valence-corrected chi connectivity index (χ4v) is 3.64. The number of para-hydroxylation sites is 1. The highest BCUT2D eigenvalue weighted by Gasteiger charge is 2.32. The molecule has 0 saturated carbocycles. The summed E-state index contributed by atoms with van der Waals surface area (Å²) in [5.41, 5.74) is 1.97. The monoisotopic (exact) mass is 348 g/mol. The van der Waals surface area contributed by atoms with Crippen molar-refractivity contribution >= 4 is 5.78 Å². The van der Waals surface area contributed by atoms with E-state index >= 15 is 0 Å². The zero-order valence-corrected chi connectivity index (χ0v) is 15.1. The van der Waals surface area contributed by atoms with Crippen LogP contribution in [-0.4, -0.2) is 30.9 Å². The van der Waals surface area contributed by atoms with E-state index in [1.165, 1.54) is 5.56 Å². The number of methoxy groups -OCH3 is 1. The summed E-state index contributed by atoms with van der Waals surface area (Å²) in [4.78, 5) is 15.3. The number of nitrogens with zero attached hydrogens (tertiary/aromatic N) is 2. The maximum atomic E-state index is 13.0. The molecule has 4 nitrogen and oxygen atoms in total. The molecule has 26 heavy (non-hydrogen) atoms. The first-order chi connectivity index (χ1) is 12.7. The van der Waals surface area contributed by atoms with Crippen molar-refractivity contribution in [1.29, 1.82) is 5.26 Å². The predicted molar refractivity (Wildman–Crippen MR) is 101 cm³/mol. The molecule has 1 fully saturated rings. The number of nitriles is 1. The van der Waals surface area contributed by atoms with Gasteiger partial charge in [-0.05, 0) is 37.6 Å². The van der Waals surface area contributed by atoms with Gasteiger partial charge in [-0.1, -0.05) is 48.5 Å². The first kappa shape index (κ1) is 18.2. The van der Waals surface area contributed by atoms with Gasteiger partial charge < -0.3 is 4.74 Å². The van der Waals surface area contributed by atoms with E-state index in [0.29, 0.717) is 11.3 Å². The van der Waals surface area contributed by atoms with Crippen LogP contribution in [0.3, 0.4) is 0 Å². The predicted octanol–water partition coefficient (Wildman–Crippen LogP) is 3.78. The average Bonchev–Trinajstić information content (AvgIpc) is 2.70. The van der Waals surface area contributed by atoms with Gasteiger partial charge in [0.1, 0.15) is 11.7 Å². The Labute approximate surface area is 155 Å². The van der Waals surface area contributed by atoms with E-state index in [1.807, 2.05) is 24.3 Å². The van der Waals surface area contributed by atoms with Crippen molar-refractivity contribution in [3.63, 3.8) is 0 Å². The summed E-state index contributed by atoms with van der Waals surface area (Å²) in [7, 11) is 1.57. The molecule has 3 rings (SSSR count). The van der Waals surface area contributed by atoms with Crippen molar-refractivity contribution in [3.05, 3.63) is 65.7 Å². The van der Waals surface area contributed by atoms with Crippen LogP contribution in [0.25, 0.3) is 0 Å².